The number of unbranched alkanes of at least 4 members (excludes halogenated alkanes) is 13. The summed E-state index contributed by atoms with van der Waals surface area (Å²) in [6.07, 6.45) is 25.7. The summed E-state index contributed by atoms with van der Waals surface area (Å²) in [7, 11) is 0. The Morgan fingerprint density at radius 1 is 0.783 bits per heavy atom. The first-order valence-electron chi connectivity index (χ1n) is 10.3. The Balaban J connectivity index is 1.70. The SMILES string of the molecule is CCCCCCCCCCCCCCCCOC1=NC=CCC1. The van der Waals surface area contributed by atoms with Crippen molar-refractivity contribution in [1.82, 2.24) is 0 Å². The predicted molar refractivity (Wildman–Crippen MR) is 102 cm³/mol. The molecule has 0 bridgehead atoms. The zero-order valence-electron chi connectivity index (χ0n) is 15.5. The van der Waals surface area contributed by atoms with E-state index in [-0.39, 0.29) is 0 Å². The van der Waals surface area contributed by atoms with Crippen LogP contribution in [0.4, 0.5) is 0 Å². The lowest BCUT2D eigenvalue weighted by Gasteiger charge is -2.09. The largest absolute Gasteiger partial charge is 0.481 e. The van der Waals surface area contributed by atoms with Crippen LogP contribution >= 0.6 is 0 Å². The molecular weight excluding hydrogens is 282 g/mol. The van der Waals surface area contributed by atoms with Gasteiger partial charge in [0, 0.05) is 12.6 Å². The Morgan fingerprint density at radius 3 is 1.78 bits per heavy atom. The van der Waals surface area contributed by atoms with Gasteiger partial charge >= 0.3 is 0 Å². The van der Waals surface area contributed by atoms with Gasteiger partial charge in [0.1, 0.15) is 0 Å². The maximum absolute atomic E-state index is 5.69. The lowest BCUT2D eigenvalue weighted by Crippen LogP contribution is -2.07. The molecule has 0 aromatic rings. The fourth-order valence-corrected chi connectivity index (χ4v) is 3.08. The molecular formula is C21H39NO. The zero-order valence-corrected chi connectivity index (χ0v) is 15.5. The van der Waals surface area contributed by atoms with Gasteiger partial charge in [0.05, 0.1) is 6.61 Å². The van der Waals surface area contributed by atoms with E-state index < -0.39 is 0 Å². The fourth-order valence-electron chi connectivity index (χ4n) is 3.08. The fraction of sp³-hybridized carbons (Fsp3) is 0.857. The quantitative estimate of drug-likeness (QED) is 0.292. The van der Waals surface area contributed by atoms with Crippen LogP contribution in [0.5, 0.6) is 0 Å². The molecule has 1 aliphatic rings. The van der Waals surface area contributed by atoms with Gasteiger partial charge in [-0.05, 0) is 12.8 Å². The molecule has 1 aliphatic heterocycles. The average Bonchev–Trinajstić information content (AvgIpc) is 2.59. The summed E-state index contributed by atoms with van der Waals surface area (Å²) >= 11 is 0. The molecule has 0 aliphatic carbocycles. The smallest absolute Gasteiger partial charge is 0.188 e. The number of ether oxygens (including phenoxy) is 1. The first-order valence-corrected chi connectivity index (χ1v) is 10.3. The molecule has 0 aromatic heterocycles. The van der Waals surface area contributed by atoms with Crippen LogP contribution in [-0.2, 0) is 4.74 Å². The highest BCUT2D eigenvalue weighted by Crippen LogP contribution is 2.13. The van der Waals surface area contributed by atoms with E-state index >= 15 is 0 Å². The van der Waals surface area contributed by atoms with E-state index in [4.69, 9.17) is 4.74 Å². The minimum Gasteiger partial charge on any atom is -0.481 e. The highest BCUT2D eigenvalue weighted by atomic mass is 16.5. The van der Waals surface area contributed by atoms with Crippen LogP contribution in [0.25, 0.3) is 0 Å². The van der Waals surface area contributed by atoms with Crippen molar-refractivity contribution < 1.29 is 4.74 Å². The Bertz CT molecular complexity index is 309. The van der Waals surface area contributed by atoms with E-state index in [1.165, 1.54) is 89.9 Å². The maximum atomic E-state index is 5.69. The van der Waals surface area contributed by atoms with Crippen molar-refractivity contribution >= 4 is 5.90 Å². The minimum absolute atomic E-state index is 0.852. The molecule has 0 unspecified atom stereocenters. The van der Waals surface area contributed by atoms with E-state index in [9.17, 15) is 0 Å². The van der Waals surface area contributed by atoms with Crippen molar-refractivity contribution in [3.05, 3.63) is 12.3 Å². The molecule has 1 heterocycles. The van der Waals surface area contributed by atoms with Gasteiger partial charge in [0.15, 0.2) is 5.90 Å². The summed E-state index contributed by atoms with van der Waals surface area (Å²) in [5, 5.41) is 0. The van der Waals surface area contributed by atoms with Crippen LogP contribution in [0.1, 0.15) is 110 Å². The second kappa shape index (κ2) is 16.1. The predicted octanol–water partition coefficient (Wildman–Crippen LogP) is 7.19. The van der Waals surface area contributed by atoms with Gasteiger partial charge < -0.3 is 4.74 Å². The Hall–Kier alpha value is -0.790. The summed E-state index contributed by atoms with van der Waals surface area (Å²) in [5.74, 6) is 0.933. The molecule has 2 nitrogen and oxygen atoms in total. The number of rotatable bonds is 15. The second-order valence-corrected chi connectivity index (χ2v) is 6.89. The molecule has 134 valence electrons. The Labute approximate surface area is 144 Å². The third-order valence-electron chi connectivity index (χ3n) is 4.62. The Morgan fingerprint density at radius 2 is 1.30 bits per heavy atom. The van der Waals surface area contributed by atoms with E-state index in [1.54, 1.807) is 0 Å². The summed E-state index contributed by atoms with van der Waals surface area (Å²) in [6, 6.07) is 0. The van der Waals surface area contributed by atoms with Gasteiger partial charge in [-0.3, -0.25) is 0 Å². The molecule has 0 saturated heterocycles. The van der Waals surface area contributed by atoms with Crippen LogP contribution in [0.3, 0.4) is 0 Å². The number of nitrogens with zero attached hydrogens (tertiary/aromatic N) is 1. The van der Waals surface area contributed by atoms with Crippen molar-refractivity contribution in [2.24, 2.45) is 4.99 Å². The third-order valence-corrected chi connectivity index (χ3v) is 4.62. The minimum atomic E-state index is 0.852. The van der Waals surface area contributed by atoms with Gasteiger partial charge in [-0.25, -0.2) is 4.99 Å². The van der Waals surface area contributed by atoms with Crippen molar-refractivity contribution in [2.75, 3.05) is 6.61 Å². The van der Waals surface area contributed by atoms with Gasteiger partial charge in [0.25, 0.3) is 0 Å². The van der Waals surface area contributed by atoms with Gasteiger partial charge in [-0.15, -0.1) is 0 Å². The molecule has 0 fully saturated rings. The summed E-state index contributed by atoms with van der Waals surface area (Å²) in [4.78, 5) is 4.25. The van der Waals surface area contributed by atoms with Crippen molar-refractivity contribution in [3.8, 4) is 0 Å². The standard InChI is InChI=1S/C21H39NO/c1-2-3-4-5-6-7-8-9-10-11-12-13-14-17-20-23-21-18-15-16-19-22-21/h16,19H,2-15,17-18,20H2,1H3. The highest BCUT2D eigenvalue weighted by molar-refractivity contribution is 5.77. The van der Waals surface area contributed by atoms with E-state index in [1.807, 2.05) is 6.20 Å². The summed E-state index contributed by atoms with van der Waals surface area (Å²) in [5.41, 5.74) is 0. The highest BCUT2D eigenvalue weighted by Gasteiger charge is 2.01. The third kappa shape index (κ3) is 13.4. The van der Waals surface area contributed by atoms with Gasteiger partial charge in [0.2, 0.25) is 0 Å². The van der Waals surface area contributed by atoms with Crippen LogP contribution in [0, 0.1) is 0 Å². The van der Waals surface area contributed by atoms with E-state index in [0.717, 1.165) is 25.3 Å². The normalized spacial score (nSPS) is 14.0. The van der Waals surface area contributed by atoms with Gasteiger partial charge in [-0.2, -0.15) is 0 Å². The van der Waals surface area contributed by atoms with Crippen molar-refractivity contribution in [1.29, 1.82) is 0 Å². The van der Waals surface area contributed by atoms with Crippen LogP contribution in [0.2, 0.25) is 0 Å². The molecule has 0 amide bonds. The monoisotopic (exact) mass is 321 g/mol. The molecule has 0 saturated carbocycles. The molecule has 23 heavy (non-hydrogen) atoms. The van der Waals surface area contributed by atoms with Crippen LogP contribution in [0.15, 0.2) is 17.3 Å². The first-order chi connectivity index (χ1) is 11.4. The Kier molecular flexibility index (Phi) is 14.2. The molecule has 0 atom stereocenters. The molecule has 0 spiro atoms. The average molecular weight is 322 g/mol. The topological polar surface area (TPSA) is 21.6 Å². The van der Waals surface area contributed by atoms with Crippen molar-refractivity contribution in [2.45, 2.75) is 110 Å². The van der Waals surface area contributed by atoms with Crippen molar-refractivity contribution in [3.63, 3.8) is 0 Å². The molecule has 0 N–H and O–H groups in total. The maximum Gasteiger partial charge on any atom is 0.188 e. The number of aliphatic imine (C=N–C) groups is 1. The van der Waals surface area contributed by atoms with E-state index in [0.29, 0.717) is 0 Å². The second-order valence-electron chi connectivity index (χ2n) is 6.89. The number of allylic oxidation sites excluding steroid dienone is 1. The zero-order chi connectivity index (χ0) is 16.4. The molecule has 1 rings (SSSR count). The summed E-state index contributed by atoms with van der Waals surface area (Å²) < 4.78 is 5.69. The number of hydrogen-bond donors (Lipinski definition) is 0. The lowest BCUT2D eigenvalue weighted by atomic mass is 10.0. The van der Waals surface area contributed by atoms with Crippen LogP contribution < -0.4 is 0 Å². The van der Waals surface area contributed by atoms with Crippen LogP contribution in [-0.4, -0.2) is 12.5 Å². The molecule has 0 radical (unpaired) electrons. The summed E-state index contributed by atoms with van der Waals surface area (Å²) in [6.45, 7) is 3.14. The first kappa shape index (κ1) is 20.3. The van der Waals surface area contributed by atoms with Gasteiger partial charge in [-0.1, -0.05) is 96.5 Å². The molecule has 0 aromatic carbocycles. The molecule has 2 heteroatoms. The van der Waals surface area contributed by atoms with E-state index in [2.05, 4.69) is 18.0 Å². The lowest BCUT2D eigenvalue weighted by molar-refractivity contribution is 0.283. The number of hydrogen-bond acceptors (Lipinski definition) is 2.